The van der Waals surface area contributed by atoms with Crippen molar-refractivity contribution >= 4 is 35.0 Å². The van der Waals surface area contributed by atoms with E-state index in [1.807, 2.05) is 43.7 Å². The van der Waals surface area contributed by atoms with Crippen molar-refractivity contribution in [3.8, 4) is 0 Å². The highest BCUT2D eigenvalue weighted by Gasteiger charge is 2.33. The number of ether oxygens (including phenoxy) is 1. The molecule has 0 fully saturated rings. The predicted octanol–water partition coefficient (Wildman–Crippen LogP) is 3.28. The Labute approximate surface area is 200 Å². The molecule has 33 heavy (non-hydrogen) atoms. The molecule has 0 saturated heterocycles. The average Bonchev–Trinajstić information content (AvgIpc) is 3.23. The number of aryl methyl sites for hydroxylation is 2. The predicted molar refractivity (Wildman–Crippen MR) is 129 cm³/mol. The SMILES string of the molecule is CCOC(=O)C1=C(C)N=c2s/c(=C/c3c(C)nn(CC)c3C)c(=O)n2[C@@H]1c1ccc(Cl)cc1. The minimum absolute atomic E-state index is 0.212. The molecule has 7 nitrogen and oxygen atoms in total. The fraction of sp³-hybridized carbons (Fsp3) is 0.333. The van der Waals surface area contributed by atoms with Crippen LogP contribution in [0.25, 0.3) is 6.08 Å². The standard InChI is InChI=1S/C24H25ClN4O3S/c1-6-28-15(5)18(13(3)27-28)12-19-22(30)29-21(16-8-10-17(25)11-9-16)20(23(31)32-7-2)14(4)26-24(29)33-19/h8-12,21H,6-7H2,1-5H3/b19-12+/t21-/m1/s1. The van der Waals surface area contributed by atoms with Crippen LogP contribution in [0.1, 0.15) is 49.3 Å². The maximum atomic E-state index is 13.7. The molecule has 0 aliphatic carbocycles. The van der Waals surface area contributed by atoms with Crippen LogP contribution in [0, 0.1) is 13.8 Å². The quantitative estimate of drug-likeness (QED) is 0.520. The molecule has 1 aliphatic heterocycles. The van der Waals surface area contributed by atoms with E-state index < -0.39 is 12.0 Å². The van der Waals surface area contributed by atoms with E-state index in [1.54, 1.807) is 30.5 Å². The Morgan fingerprint density at radius 3 is 2.52 bits per heavy atom. The zero-order valence-electron chi connectivity index (χ0n) is 19.2. The minimum atomic E-state index is -0.653. The number of fused-ring (bicyclic) bond motifs is 1. The largest absolute Gasteiger partial charge is 0.463 e. The molecule has 4 rings (SSSR count). The molecule has 0 unspecified atom stereocenters. The lowest BCUT2D eigenvalue weighted by Crippen LogP contribution is -2.39. The second-order valence-corrected chi connectivity index (χ2v) is 9.20. The van der Waals surface area contributed by atoms with Crippen molar-refractivity contribution in [1.29, 1.82) is 0 Å². The monoisotopic (exact) mass is 484 g/mol. The molecule has 3 aromatic rings. The summed E-state index contributed by atoms with van der Waals surface area (Å²) in [5.41, 5.74) is 4.21. The van der Waals surface area contributed by atoms with Crippen molar-refractivity contribution in [3.63, 3.8) is 0 Å². The van der Waals surface area contributed by atoms with Gasteiger partial charge in [-0.1, -0.05) is 35.1 Å². The number of hydrogen-bond donors (Lipinski definition) is 0. The normalized spacial score (nSPS) is 16.1. The van der Waals surface area contributed by atoms with Crippen LogP contribution in [0.4, 0.5) is 0 Å². The number of nitrogens with zero attached hydrogens (tertiary/aromatic N) is 4. The molecule has 3 heterocycles. The Bertz CT molecular complexity index is 1440. The van der Waals surface area contributed by atoms with E-state index in [0.717, 1.165) is 29.1 Å². The summed E-state index contributed by atoms with van der Waals surface area (Å²) >= 11 is 7.40. The lowest BCUT2D eigenvalue weighted by atomic mass is 9.96. The summed E-state index contributed by atoms with van der Waals surface area (Å²) < 4.78 is 9.34. The summed E-state index contributed by atoms with van der Waals surface area (Å²) in [5, 5.41) is 5.12. The first-order valence-corrected chi connectivity index (χ1v) is 11.9. The number of halogens is 1. The van der Waals surface area contributed by atoms with Crippen molar-refractivity contribution in [2.24, 2.45) is 4.99 Å². The number of esters is 1. The van der Waals surface area contributed by atoms with E-state index in [0.29, 0.717) is 25.6 Å². The van der Waals surface area contributed by atoms with Gasteiger partial charge in [0.1, 0.15) is 0 Å². The molecule has 1 aromatic carbocycles. The van der Waals surface area contributed by atoms with Gasteiger partial charge in [0.25, 0.3) is 5.56 Å². The molecule has 1 aliphatic rings. The Balaban J connectivity index is 1.97. The van der Waals surface area contributed by atoms with Crippen LogP contribution < -0.4 is 14.9 Å². The first kappa shape index (κ1) is 23.2. The summed E-state index contributed by atoms with van der Waals surface area (Å²) in [6.07, 6.45) is 1.87. The lowest BCUT2D eigenvalue weighted by Gasteiger charge is -2.24. The van der Waals surface area contributed by atoms with E-state index in [1.165, 1.54) is 11.3 Å². The van der Waals surface area contributed by atoms with Gasteiger partial charge in [0.2, 0.25) is 0 Å². The molecular weight excluding hydrogens is 460 g/mol. The van der Waals surface area contributed by atoms with Crippen LogP contribution in [0.15, 0.2) is 45.3 Å². The number of rotatable bonds is 5. The molecule has 0 N–H and O–H groups in total. The topological polar surface area (TPSA) is 78.5 Å². The Kier molecular flexibility index (Phi) is 6.41. The maximum absolute atomic E-state index is 13.7. The van der Waals surface area contributed by atoms with Gasteiger partial charge in [0.15, 0.2) is 4.80 Å². The maximum Gasteiger partial charge on any atom is 0.338 e. The molecule has 0 radical (unpaired) electrons. The Morgan fingerprint density at radius 1 is 1.21 bits per heavy atom. The van der Waals surface area contributed by atoms with E-state index in [4.69, 9.17) is 16.3 Å². The fourth-order valence-corrected chi connectivity index (χ4v) is 5.26. The van der Waals surface area contributed by atoms with Crippen molar-refractivity contribution < 1.29 is 9.53 Å². The summed E-state index contributed by atoms with van der Waals surface area (Å²) in [6.45, 7) is 10.5. The highest BCUT2D eigenvalue weighted by Crippen LogP contribution is 2.31. The van der Waals surface area contributed by atoms with Crippen LogP contribution in [0.5, 0.6) is 0 Å². The van der Waals surface area contributed by atoms with Gasteiger partial charge >= 0.3 is 5.97 Å². The zero-order chi connectivity index (χ0) is 23.9. The average molecular weight is 485 g/mol. The molecule has 0 spiro atoms. The fourth-order valence-electron chi connectivity index (χ4n) is 4.11. The second kappa shape index (κ2) is 9.11. The van der Waals surface area contributed by atoms with Crippen molar-refractivity contribution in [3.05, 3.63) is 82.8 Å². The Morgan fingerprint density at radius 2 is 1.91 bits per heavy atom. The first-order chi connectivity index (χ1) is 15.8. The van der Waals surface area contributed by atoms with Gasteiger partial charge in [-0.2, -0.15) is 5.10 Å². The first-order valence-electron chi connectivity index (χ1n) is 10.8. The summed E-state index contributed by atoms with van der Waals surface area (Å²) in [5.74, 6) is -0.483. The summed E-state index contributed by atoms with van der Waals surface area (Å²) in [7, 11) is 0. The van der Waals surface area contributed by atoms with Gasteiger partial charge in [0.05, 0.1) is 34.1 Å². The van der Waals surface area contributed by atoms with Gasteiger partial charge < -0.3 is 4.74 Å². The molecule has 0 bridgehead atoms. The third-order valence-corrected chi connectivity index (χ3v) is 6.95. The Hall–Kier alpha value is -2.97. The highest BCUT2D eigenvalue weighted by molar-refractivity contribution is 7.07. The van der Waals surface area contributed by atoms with Gasteiger partial charge in [-0.05, 0) is 58.4 Å². The van der Waals surface area contributed by atoms with Crippen molar-refractivity contribution in [2.75, 3.05) is 6.61 Å². The summed E-state index contributed by atoms with van der Waals surface area (Å²) in [6, 6.07) is 6.48. The molecular formula is C24H25ClN4O3S. The number of aromatic nitrogens is 3. The van der Waals surface area contributed by atoms with Gasteiger partial charge in [-0.15, -0.1) is 0 Å². The third-order valence-electron chi connectivity index (χ3n) is 5.72. The van der Waals surface area contributed by atoms with Gasteiger partial charge in [-0.3, -0.25) is 14.0 Å². The van der Waals surface area contributed by atoms with E-state index >= 15 is 0 Å². The highest BCUT2D eigenvalue weighted by atomic mass is 35.5. The van der Waals surface area contributed by atoms with Crippen LogP contribution in [-0.4, -0.2) is 26.9 Å². The van der Waals surface area contributed by atoms with E-state index in [-0.39, 0.29) is 12.2 Å². The third kappa shape index (κ3) is 4.09. The molecule has 1 atom stereocenters. The molecule has 0 saturated carbocycles. The number of thiazole rings is 1. The lowest BCUT2D eigenvalue weighted by molar-refractivity contribution is -0.139. The minimum Gasteiger partial charge on any atom is -0.463 e. The summed E-state index contributed by atoms with van der Waals surface area (Å²) in [4.78, 5) is 31.7. The second-order valence-electron chi connectivity index (χ2n) is 7.75. The van der Waals surface area contributed by atoms with Crippen LogP contribution in [0.2, 0.25) is 5.02 Å². The zero-order valence-corrected chi connectivity index (χ0v) is 20.8. The van der Waals surface area contributed by atoms with Gasteiger partial charge in [-0.25, -0.2) is 9.79 Å². The van der Waals surface area contributed by atoms with Crippen LogP contribution in [-0.2, 0) is 16.1 Å². The number of carbonyl (C=O) groups is 1. The van der Waals surface area contributed by atoms with E-state index in [9.17, 15) is 9.59 Å². The van der Waals surface area contributed by atoms with Crippen LogP contribution >= 0.6 is 22.9 Å². The number of allylic oxidation sites excluding steroid dienone is 1. The smallest absolute Gasteiger partial charge is 0.338 e. The molecule has 172 valence electrons. The van der Waals surface area contributed by atoms with Crippen molar-refractivity contribution in [1.82, 2.24) is 14.3 Å². The van der Waals surface area contributed by atoms with Crippen LogP contribution in [0.3, 0.4) is 0 Å². The molecule has 9 heteroatoms. The molecule has 0 amide bonds. The van der Waals surface area contributed by atoms with Gasteiger partial charge in [0, 0.05) is 22.8 Å². The number of benzene rings is 1. The number of carbonyl (C=O) groups excluding carboxylic acids is 1. The molecule has 2 aromatic heterocycles. The van der Waals surface area contributed by atoms with E-state index in [2.05, 4.69) is 10.1 Å². The van der Waals surface area contributed by atoms with Crippen molar-refractivity contribution in [2.45, 2.75) is 47.2 Å². The number of hydrogen-bond acceptors (Lipinski definition) is 6.